The summed E-state index contributed by atoms with van der Waals surface area (Å²) in [7, 11) is 0. The van der Waals surface area contributed by atoms with Gasteiger partial charge in [-0.1, -0.05) is 31.2 Å². The van der Waals surface area contributed by atoms with Gasteiger partial charge in [-0.2, -0.15) is 4.68 Å². The molecule has 0 radical (unpaired) electrons. The van der Waals surface area contributed by atoms with E-state index in [1.54, 1.807) is 12.1 Å². The normalized spacial score (nSPS) is 14.1. The fourth-order valence-electron chi connectivity index (χ4n) is 4.20. The van der Waals surface area contributed by atoms with E-state index < -0.39 is 0 Å². The maximum atomic E-state index is 12.7. The number of rotatable bonds is 8. The Hall–Kier alpha value is -3.61. The average molecular weight is 461 g/mol. The maximum absolute atomic E-state index is 12.7. The fraction of sp³-hybridized carbons (Fsp3) is 0.370. The molecule has 7 nitrogen and oxygen atoms in total. The number of nitrogens with zero attached hydrogens (tertiary/aromatic N) is 3. The summed E-state index contributed by atoms with van der Waals surface area (Å²) in [6.45, 7) is 6.65. The van der Waals surface area contributed by atoms with Gasteiger partial charge in [-0.05, 0) is 67.6 Å². The van der Waals surface area contributed by atoms with E-state index in [0.717, 1.165) is 55.2 Å². The molecule has 0 unspecified atom stereocenters. The third-order valence-corrected chi connectivity index (χ3v) is 6.27. The van der Waals surface area contributed by atoms with E-state index in [1.807, 2.05) is 55.5 Å². The molecule has 2 heterocycles. The number of aryl methyl sites for hydroxylation is 1. The highest BCUT2D eigenvalue weighted by Crippen LogP contribution is 2.22. The average Bonchev–Trinajstić information content (AvgIpc) is 2.89. The number of benzene rings is 2. The number of ether oxygens (including phenoxy) is 1. The molecule has 0 atom stereocenters. The SMILES string of the molecule is CCOc1ccc(CNC(=O)C2CCN(c3ccc(=O)n(-c4ccc(CC)cc4)n3)CC2)cc1. The van der Waals surface area contributed by atoms with Crippen molar-refractivity contribution in [3.05, 3.63) is 82.1 Å². The first kappa shape index (κ1) is 23.5. The van der Waals surface area contributed by atoms with Gasteiger partial charge < -0.3 is 15.0 Å². The first-order valence-electron chi connectivity index (χ1n) is 12.0. The van der Waals surface area contributed by atoms with Crippen LogP contribution in [0.3, 0.4) is 0 Å². The number of carbonyl (C=O) groups excluding carboxylic acids is 1. The van der Waals surface area contributed by atoms with Crippen LogP contribution in [0.1, 0.15) is 37.8 Å². The van der Waals surface area contributed by atoms with Crippen LogP contribution in [-0.4, -0.2) is 35.4 Å². The third-order valence-electron chi connectivity index (χ3n) is 6.27. The molecule has 0 bridgehead atoms. The van der Waals surface area contributed by atoms with E-state index >= 15 is 0 Å². The van der Waals surface area contributed by atoms with E-state index in [2.05, 4.69) is 22.2 Å². The van der Waals surface area contributed by atoms with Gasteiger partial charge in [0.25, 0.3) is 5.56 Å². The van der Waals surface area contributed by atoms with Crippen molar-refractivity contribution in [2.24, 2.45) is 5.92 Å². The molecule has 0 spiro atoms. The fourth-order valence-corrected chi connectivity index (χ4v) is 4.20. The highest BCUT2D eigenvalue weighted by molar-refractivity contribution is 5.79. The van der Waals surface area contributed by atoms with E-state index in [1.165, 1.54) is 10.2 Å². The van der Waals surface area contributed by atoms with E-state index in [4.69, 9.17) is 4.74 Å². The van der Waals surface area contributed by atoms with Crippen LogP contribution in [0.25, 0.3) is 5.69 Å². The molecule has 1 amide bonds. The van der Waals surface area contributed by atoms with Crippen LogP contribution in [-0.2, 0) is 17.8 Å². The molecule has 3 aromatic rings. The molecular weight excluding hydrogens is 428 g/mol. The monoisotopic (exact) mass is 460 g/mol. The number of nitrogens with one attached hydrogen (secondary N) is 1. The molecule has 4 rings (SSSR count). The Bertz CT molecular complexity index is 1150. The van der Waals surface area contributed by atoms with Gasteiger partial charge in [-0.25, -0.2) is 0 Å². The molecule has 0 aliphatic carbocycles. The van der Waals surface area contributed by atoms with Crippen molar-refractivity contribution >= 4 is 11.7 Å². The topological polar surface area (TPSA) is 76.5 Å². The Morgan fingerprint density at radius 3 is 2.29 bits per heavy atom. The number of piperidine rings is 1. The third kappa shape index (κ3) is 5.65. The van der Waals surface area contributed by atoms with Crippen LogP contribution in [0, 0.1) is 5.92 Å². The van der Waals surface area contributed by atoms with Gasteiger partial charge in [-0.3, -0.25) is 9.59 Å². The number of hydrogen-bond acceptors (Lipinski definition) is 5. The largest absolute Gasteiger partial charge is 0.494 e. The van der Waals surface area contributed by atoms with Gasteiger partial charge in [-0.15, -0.1) is 5.10 Å². The zero-order valence-corrected chi connectivity index (χ0v) is 19.9. The van der Waals surface area contributed by atoms with E-state index in [9.17, 15) is 9.59 Å². The highest BCUT2D eigenvalue weighted by Gasteiger charge is 2.26. The molecule has 1 aromatic heterocycles. The quantitative estimate of drug-likeness (QED) is 0.554. The molecule has 1 aliphatic heterocycles. The zero-order valence-electron chi connectivity index (χ0n) is 19.9. The Morgan fingerprint density at radius 1 is 0.971 bits per heavy atom. The molecule has 1 aliphatic rings. The molecule has 1 saturated heterocycles. The van der Waals surface area contributed by atoms with Crippen molar-refractivity contribution in [1.29, 1.82) is 0 Å². The summed E-state index contributed by atoms with van der Waals surface area (Å²) >= 11 is 0. The van der Waals surface area contributed by atoms with E-state index in [0.29, 0.717) is 13.2 Å². The molecule has 0 saturated carbocycles. The lowest BCUT2D eigenvalue weighted by Gasteiger charge is -2.32. The number of anilines is 1. The summed E-state index contributed by atoms with van der Waals surface area (Å²) in [5.74, 6) is 1.66. The van der Waals surface area contributed by atoms with Crippen molar-refractivity contribution in [3.63, 3.8) is 0 Å². The van der Waals surface area contributed by atoms with Crippen molar-refractivity contribution < 1.29 is 9.53 Å². The van der Waals surface area contributed by atoms with Crippen molar-refractivity contribution in [1.82, 2.24) is 15.1 Å². The van der Waals surface area contributed by atoms with Crippen LogP contribution in [0.4, 0.5) is 5.82 Å². The Kier molecular flexibility index (Phi) is 7.62. The lowest BCUT2D eigenvalue weighted by atomic mass is 9.96. The molecule has 1 N–H and O–H groups in total. The predicted octanol–water partition coefficient (Wildman–Crippen LogP) is 3.73. The zero-order chi connectivity index (χ0) is 23.9. The van der Waals surface area contributed by atoms with Gasteiger partial charge in [0.2, 0.25) is 5.91 Å². The molecule has 178 valence electrons. The second-order valence-electron chi connectivity index (χ2n) is 8.52. The van der Waals surface area contributed by atoms with Crippen LogP contribution in [0.15, 0.2) is 65.5 Å². The summed E-state index contributed by atoms with van der Waals surface area (Å²) in [4.78, 5) is 27.3. The Balaban J connectivity index is 1.33. The summed E-state index contributed by atoms with van der Waals surface area (Å²) in [5, 5.41) is 7.67. The Labute approximate surface area is 200 Å². The summed E-state index contributed by atoms with van der Waals surface area (Å²) in [5.41, 5.74) is 2.87. The minimum atomic E-state index is -0.156. The smallest absolute Gasteiger partial charge is 0.271 e. The summed E-state index contributed by atoms with van der Waals surface area (Å²) < 4.78 is 6.91. The van der Waals surface area contributed by atoms with Crippen molar-refractivity contribution in [3.8, 4) is 11.4 Å². The summed E-state index contributed by atoms with van der Waals surface area (Å²) in [6.07, 6.45) is 2.45. The molecule has 1 fully saturated rings. The number of hydrogen-bond donors (Lipinski definition) is 1. The van der Waals surface area contributed by atoms with Gasteiger partial charge in [0.15, 0.2) is 0 Å². The van der Waals surface area contributed by atoms with Crippen molar-refractivity contribution in [2.45, 2.75) is 39.7 Å². The van der Waals surface area contributed by atoms with Crippen molar-refractivity contribution in [2.75, 3.05) is 24.6 Å². The minimum absolute atomic E-state index is 0.0218. The van der Waals surface area contributed by atoms with Gasteiger partial charge in [0.1, 0.15) is 11.6 Å². The number of aromatic nitrogens is 2. The van der Waals surface area contributed by atoms with Crippen LogP contribution < -0.4 is 20.5 Å². The predicted molar refractivity (Wildman–Crippen MR) is 134 cm³/mol. The van der Waals surface area contributed by atoms with Crippen LogP contribution in [0.2, 0.25) is 0 Å². The van der Waals surface area contributed by atoms with Gasteiger partial charge >= 0.3 is 0 Å². The number of amides is 1. The number of carbonyl (C=O) groups is 1. The molecular formula is C27H32N4O3. The highest BCUT2D eigenvalue weighted by atomic mass is 16.5. The lowest BCUT2D eigenvalue weighted by molar-refractivity contribution is -0.125. The van der Waals surface area contributed by atoms with Crippen LogP contribution in [0.5, 0.6) is 5.75 Å². The van der Waals surface area contributed by atoms with Gasteiger partial charge in [0, 0.05) is 31.6 Å². The summed E-state index contributed by atoms with van der Waals surface area (Å²) in [6, 6.07) is 19.0. The maximum Gasteiger partial charge on any atom is 0.271 e. The van der Waals surface area contributed by atoms with Gasteiger partial charge in [0.05, 0.1) is 12.3 Å². The first-order valence-corrected chi connectivity index (χ1v) is 12.0. The molecule has 2 aromatic carbocycles. The van der Waals surface area contributed by atoms with Crippen LogP contribution >= 0.6 is 0 Å². The molecule has 7 heteroatoms. The second kappa shape index (κ2) is 11.0. The molecule has 34 heavy (non-hydrogen) atoms. The lowest BCUT2D eigenvalue weighted by Crippen LogP contribution is -2.41. The first-order chi connectivity index (χ1) is 16.6. The second-order valence-corrected chi connectivity index (χ2v) is 8.52. The standard InChI is InChI=1S/C27H32N4O3/c1-3-20-5-9-23(10-6-20)31-26(32)14-13-25(29-31)30-17-15-22(16-18-30)27(33)28-19-21-7-11-24(12-8-21)34-4-2/h5-14,22H,3-4,15-19H2,1-2H3,(H,28,33). The minimum Gasteiger partial charge on any atom is -0.494 e. The van der Waals surface area contributed by atoms with E-state index in [-0.39, 0.29) is 17.4 Å². The Morgan fingerprint density at radius 2 is 1.65 bits per heavy atom.